The lowest BCUT2D eigenvalue weighted by molar-refractivity contribution is 0.299. The lowest BCUT2D eigenvalue weighted by atomic mass is 10.5. The van der Waals surface area contributed by atoms with Crippen LogP contribution < -0.4 is 5.32 Å². The Morgan fingerprint density at radius 2 is 2.44 bits per heavy atom. The Kier molecular flexibility index (Phi) is 1.85. The molecule has 0 aromatic rings. The third-order valence-electron chi connectivity index (χ3n) is 1.28. The summed E-state index contributed by atoms with van der Waals surface area (Å²) < 4.78 is 0. The van der Waals surface area contributed by atoms with Crippen molar-refractivity contribution in [3.63, 3.8) is 0 Å². The standard InChI is InChI=1S/C6H11N3/c1-7-6-8-4-3-5-9(6)2/h3-7H,1-2H3. The molecule has 0 bridgehead atoms. The monoisotopic (exact) mass is 125 g/mol. The zero-order valence-electron chi connectivity index (χ0n) is 5.70. The molecule has 0 aromatic heterocycles. The van der Waals surface area contributed by atoms with Crippen LogP contribution in [-0.4, -0.2) is 31.5 Å². The molecule has 0 saturated heterocycles. The van der Waals surface area contributed by atoms with Gasteiger partial charge in [0.15, 0.2) is 6.29 Å². The Labute approximate surface area is 55.1 Å². The summed E-state index contributed by atoms with van der Waals surface area (Å²) in [6, 6.07) is 0. The Morgan fingerprint density at radius 3 is 2.89 bits per heavy atom. The lowest BCUT2D eigenvalue weighted by Crippen LogP contribution is -2.38. The predicted octanol–water partition coefficient (Wildman–Crippen LogP) is 0.0193. The number of hydrogen-bond donors (Lipinski definition) is 1. The maximum absolute atomic E-state index is 4.13. The van der Waals surface area contributed by atoms with Crippen LogP contribution in [0.3, 0.4) is 0 Å². The van der Waals surface area contributed by atoms with E-state index in [9.17, 15) is 0 Å². The van der Waals surface area contributed by atoms with Crippen LogP contribution in [0, 0.1) is 0 Å². The van der Waals surface area contributed by atoms with E-state index in [4.69, 9.17) is 0 Å². The zero-order valence-corrected chi connectivity index (χ0v) is 5.70. The predicted molar refractivity (Wildman–Crippen MR) is 38.2 cm³/mol. The Bertz CT molecular complexity index is 139. The van der Waals surface area contributed by atoms with Gasteiger partial charge in [0.25, 0.3) is 0 Å². The normalized spacial score (nSPS) is 25.1. The molecule has 1 atom stereocenters. The molecule has 1 rings (SSSR count). The van der Waals surface area contributed by atoms with Gasteiger partial charge < -0.3 is 4.90 Å². The van der Waals surface area contributed by atoms with Crippen molar-refractivity contribution in [1.82, 2.24) is 10.2 Å². The fraction of sp³-hybridized carbons (Fsp3) is 0.500. The highest BCUT2D eigenvalue weighted by Gasteiger charge is 2.05. The van der Waals surface area contributed by atoms with E-state index in [1.54, 1.807) is 6.21 Å². The Hall–Kier alpha value is -0.830. The van der Waals surface area contributed by atoms with Crippen LogP contribution in [0.1, 0.15) is 0 Å². The average molecular weight is 125 g/mol. The van der Waals surface area contributed by atoms with Crippen molar-refractivity contribution in [2.75, 3.05) is 14.1 Å². The minimum atomic E-state index is 0.120. The van der Waals surface area contributed by atoms with Gasteiger partial charge in [-0.1, -0.05) is 0 Å². The smallest absolute Gasteiger partial charge is 0.175 e. The summed E-state index contributed by atoms with van der Waals surface area (Å²) >= 11 is 0. The van der Waals surface area contributed by atoms with Gasteiger partial charge >= 0.3 is 0 Å². The van der Waals surface area contributed by atoms with Gasteiger partial charge in [0.05, 0.1) is 0 Å². The van der Waals surface area contributed by atoms with Gasteiger partial charge in [0.2, 0.25) is 0 Å². The number of nitrogens with zero attached hydrogens (tertiary/aromatic N) is 2. The molecular weight excluding hydrogens is 114 g/mol. The fourth-order valence-corrected chi connectivity index (χ4v) is 0.770. The topological polar surface area (TPSA) is 27.6 Å². The largest absolute Gasteiger partial charge is 0.347 e. The minimum Gasteiger partial charge on any atom is -0.347 e. The van der Waals surface area contributed by atoms with Crippen LogP contribution in [0.4, 0.5) is 0 Å². The van der Waals surface area contributed by atoms with E-state index in [2.05, 4.69) is 10.3 Å². The third kappa shape index (κ3) is 1.29. The van der Waals surface area contributed by atoms with E-state index in [-0.39, 0.29) is 6.29 Å². The maximum atomic E-state index is 4.13. The number of allylic oxidation sites excluding steroid dienone is 1. The molecular formula is C6H11N3. The van der Waals surface area contributed by atoms with Gasteiger partial charge in [-0.05, 0) is 13.1 Å². The van der Waals surface area contributed by atoms with E-state index < -0.39 is 0 Å². The van der Waals surface area contributed by atoms with Gasteiger partial charge in [-0.25, -0.2) is 0 Å². The molecule has 50 valence electrons. The molecule has 1 aliphatic heterocycles. The maximum Gasteiger partial charge on any atom is 0.175 e. The summed E-state index contributed by atoms with van der Waals surface area (Å²) in [7, 11) is 3.87. The van der Waals surface area contributed by atoms with E-state index in [1.165, 1.54) is 0 Å². The fourth-order valence-electron chi connectivity index (χ4n) is 0.770. The van der Waals surface area contributed by atoms with Crippen LogP contribution in [0.15, 0.2) is 17.3 Å². The first-order valence-corrected chi connectivity index (χ1v) is 2.94. The summed E-state index contributed by atoms with van der Waals surface area (Å²) in [6.45, 7) is 0. The van der Waals surface area contributed by atoms with Crippen molar-refractivity contribution in [1.29, 1.82) is 0 Å². The SMILES string of the molecule is CNC1N=CC=CN1C. The van der Waals surface area contributed by atoms with Crippen LogP contribution in [0.5, 0.6) is 0 Å². The first-order chi connectivity index (χ1) is 4.34. The van der Waals surface area contributed by atoms with Crippen molar-refractivity contribution in [2.45, 2.75) is 6.29 Å². The van der Waals surface area contributed by atoms with Gasteiger partial charge in [-0.15, -0.1) is 0 Å². The highest BCUT2D eigenvalue weighted by Crippen LogP contribution is 1.97. The molecule has 1 aliphatic rings. The van der Waals surface area contributed by atoms with Crippen LogP contribution in [-0.2, 0) is 0 Å². The molecule has 1 unspecified atom stereocenters. The van der Waals surface area contributed by atoms with Crippen molar-refractivity contribution < 1.29 is 0 Å². The lowest BCUT2D eigenvalue weighted by Gasteiger charge is -2.23. The summed E-state index contributed by atoms with van der Waals surface area (Å²) in [6.07, 6.45) is 5.80. The summed E-state index contributed by atoms with van der Waals surface area (Å²) in [4.78, 5) is 6.13. The number of nitrogens with one attached hydrogen (secondary N) is 1. The Balaban J connectivity index is 2.55. The summed E-state index contributed by atoms with van der Waals surface area (Å²) in [5, 5.41) is 3.03. The van der Waals surface area contributed by atoms with E-state index >= 15 is 0 Å². The molecule has 0 fully saturated rings. The first-order valence-electron chi connectivity index (χ1n) is 2.94. The third-order valence-corrected chi connectivity index (χ3v) is 1.28. The summed E-state index contributed by atoms with van der Waals surface area (Å²) in [5.74, 6) is 0. The van der Waals surface area contributed by atoms with E-state index in [1.807, 2.05) is 31.3 Å². The molecule has 0 radical (unpaired) electrons. The van der Waals surface area contributed by atoms with Gasteiger partial charge in [0, 0.05) is 19.5 Å². The molecule has 1 N–H and O–H groups in total. The Morgan fingerprint density at radius 1 is 1.67 bits per heavy atom. The zero-order chi connectivity index (χ0) is 6.69. The molecule has 9 heavy (non-hydrogen) atoms. The second-order valence-corrected chi connectivity index (χ2v) is 1.97. The van der Waals surface area contributed by atoms with Crippen LogP contribution in [0.2, 0.25) is 0 Å². The molecule has 3 nitrogen and oxygen atoms in total. The molecule has 0 spiro atoms. The highest BCUT2D eigenvalue weighted by atomic mass is 15.3. The van der Waals surface area contributed by atoms with E-state index in [0.717, 1.165) is 0 Å². The van der Waals surface area contributed by atoms with Gasteiger partial charge in [-0.2, -0.15) is 0 Å². The van der Waals surface area contributed by atoms with Crippen LogP contribution in [0.25, 0.3) is 0 Å². The van der Waals surface area contributed by atoms with Crippen molar-refractivity contribution >= 4 is 6.21 Å². The van der Waals surface area contributed by atoms with Gasteiger partial charge in [0.1, 0.15) is 0 Å². The van der Waals surface area contributed by atoms with E-state index in [0.29, 0.717) is 0 Å². The van der Waals surface area contributed by atoms with Gasteiger partial charge in [-0.3, -0.25) is 10.3 Å². The number of rotatable bonds is 1. The minimum absolute atomic E-state index is 0.120. The number of hydrogen-bond acceptors (Lipinski definition) is 3. The van der Waals surface area contributed by atoms with Crippen molar-refractivity contribution in [3.05, 3.63) is 12.3 Å². The molecule has 0 aliphatic carbocycles. The number of aliphatic imine (C=N–C) groups is 1. The summed E-state index contributed by atoms with van der Waals surface area (Å²) in [5.41, 5.74) is 0. The van der Waals surface area contributed by atoms with Crippen LogP contribution >= 0.6 is 0 Å². The molecule has 0 aromatic carbocycles. The average Bonchev–Trinajstić information content (AvgIpc) is 1.89. The highest BCUT2D eigenvalue weighted by molar-refractivity contribution is 5.71. The quantitative estimate of drug-likeness (QED) is 0.535. The second kappa shape index (κ2) is 2.64. The second-order valence-electron chi connectivity index (χ2n) is 1.97. The first kappa shape index (κ1) is 6.29. The molecule has 3 heteroatoms. The van der Waals surface area contributed by atoms with Crippen molar-refractivity contribution in [3.8, 4) is 0 Å². The molecule has 0 saturated carbocycles. The molecule has 1 heterocycles. The van der Waals surface area contributed by atoms with Crippen molar-refractivity contribution in [2.24, 2.45) is 4.99 Å². The molecule has 0 amide bonds.